The number of hydrogen-bond acceptors (Lipinski definition) is 4. The van der Waals surface area contributed by atoms with E-state index in [2.05, 4.69) is 10.2 Å². The summed E-state index contributed by atoms with van der Waals surface area (Å²) in [5.41, 5.74) is 8.56. The average Bonchev–Trinajstić information content (AvgIpc) is 3.28. The Morgan fingerprint density at radius 1 is 0.921 bits per heavy atom. The summed E-state index contributed by atoms with van der Waals surface area (Å²) >= 11 is 13.4. The number of nitrogens with zero attached hydrogens (tertiary/aromatic N) is 1. The molecule has 1 saturated heterocycles. The lowest BCUT2D eigenvalue weighted by atomic mass is 9.92. The highest BCUT2D eigenvalue weighted by molar-refractivity contribution is 6.36. The van der Waals surface area contributed by atoms with E-state index < -0.39 is 6.09 Å². The molecule has 204 valence electrons. The van der Waals surface area contributed by atoms with Crippen LogP contribution in [0, 0.1) is 5.92 Å². The number of ether oxygens (including phenoxy) is 1. The Labute approximate surface area is 235 Å². The van der Waals surface area contributed by atoms with Crippen molar-refractivity contribution in [3.63, 3.8) is 0 Å². The molecule has 5 rings (SSSR count). The van der Waals surface area contributed by atoms with Gasteiger partial charge in [-0.1, -0.05) is 54.6 Å². The number of likely N-dealkylation sites (tertiary alicyclic amines) is 1. The van der Waals surface area contributed by atoms with Crippen LogP contribution in [-0.2, 0) is 11.2 Å². The van der Waals surface area contributed by atoms with Crippen LogP contribution in [0.1, 0.15) is 69.8 Å². The summed E-state index contributed by atoms with van der Waals surface area (Å²) in [6.45, 7) is 0.836. The Balaban J connectivity index is 1.19. The Kier molecular flexibility index (Phi) is 8.81. The third-order valence-corrected chi connectivity index (χ3v) is 9.12. The number of halogens is 2. The summed E-state index contributed by atoms with van der Waals surface area (Å²) in [5, 5.41) is 4.08. The maximum absolute atomic E-state index is 13.1. The standard InChI is InChI=1S/C30H37Cl2N3O3/c31-27-17-21(19-6-12-25(13-7-19)38-30(37)34-23-10-8-22(33)9-11-23)18-28(32)26(27)16-20-14-15-35(29(20)36)24-4-2-1-3-5-24/h6-7,12-13,17-18,20,22-24H,1-5,8-11,14-16,33H2,(H,34,37). The summed E-state index contributed by atoms with van der Waals surface area (Å²) in [6, 6.07) is 11.8. The van der Waals surface area contributed by atoms with Gasteiger partial charge in [-0.2, -0.15) is 0 Å². The molecule has 8 heteroatoms. The number of amides is 2. The highest BCUT2D eigenvalue weighted by atomic mass is 35.5. The van der Waals surface area contributed by atoms with Crippen molar-refractivity contribution >= 4 is 35.2 Å². The highest BCUT2D eigenvalue weighted by Gasteiger charge is 2.36. The minimum absolute atomic E-state index is 0.0642. The van der Waals surface area contributed by atoms with Crippen molar-refractivity contribution in [2.45, 2.75) is 88.8 Å². The van der Waals surface area contributed by atoms with Gasteiger partial charge in [-0.15, -0.1) is 0 Å². The molecule has 0 bridgehead atoms. The summed E-state index contributed by atoms with van der Waals surface area (Å²) in [6.07, 6.45) is 10.5. The van der Waals surface area contributed by atoms with Crippen LogP contribution in [0.5, 0.6) is 5.75 Å². The summed E-state index contributed by atoms with van der Waals surface area (Å²) < 4.78 is 5.47. The van der Waals surface area contributed by atoms with E-state index in [4.69, 9.17) is 33.7 Å². The zero-order valence-electron chi connectivity index (χ0n) is 21.8. The number of carbonyl (C=O) groups excluding carboxylic acids is 2. The number of nitrogens with two attached hydrogens (primary N) is 1. The van der Waals surface area contributed by atoms with Gasteiger partial charge in [0.1, 0.15) is 5.75 Å². The monoisotopic (exact) mass is 557 g/mol. The molecule has 0 radical (unpaired) electrons. The summed E-state index contributed by atoms with van der Waals surface area (Å²) in [5.74, 6) is 0.653. The van der Waals surface area contributed by atoms with Gasteiger partial charge >= 0.3 is 6.09 Å². The first-order chi connectivity index (χ1) is 18.4. The van der Waals surface area contributed by atoms with Gasteiger partial charge in [0.2, 0.25) is 5.91 Å². The van der Waals surface area contributed by atoms with E-state index in [1.165, 1.54) is 19.3 Å². The fourth-order valence-corrected chi connectivity index (χ4v) is 6.84. The maximum Gasteiger partial charge on any atom is 0.412 e. The van der Waals surface area contributed by atoms with Crippen LogP contribution in [0.25, 0.3) is 11.1 Å². The third-order valence-electron chi connectivity index (χ3n) is 8.45. The zero-order valence-corrected chi connectivity index (χ0v) is 23.3. The molecular weight excluding hydrogens is 521 g/mol. The molecule has 2 aliphatic carbocycles. The predicted molar refractivity (Wildman–Crippen MR) is 152 cm³/mol. The lowest BCUT2D eigenvalue weighted by molar-refractivity contribution is -0.133. The summed E-state index contributed by atoms with van der Waals surface area (Å²) in [7, 11) is 0. The Morgan fingerprint density at radius 3 is 2.24 bits per heavy atom. The fraction of sp³-hybridized carbons (Fsp3) is 0.533. The van der Waals surface area contributed by atoms with Gasteiger partial charge in [-0.25, -0.2) is 4.79 Å². The van der Waals surface area contributed by atoms with E-state index in [0.717, 1.165) is 68.2 Å². The van der Waals surface area contributed by atoms with Gasteiger partial charge in [-0.05, 0) is 92.3 Å². The minimum Gasteiger partial charge on any atom is -0.410 e. The van der Waals surface area contributed by atoms with E-state index >= 15 is 0 Å². The summed E-state index contributed by atoms with van der Waals surface area (Å²) in [4.78, 5) is 27.5. The molecule has 38 heavy (non-hydrogen) atoms. The molecule has 1 aliphatic heterocycles. The van der Waals surface area contributed by atoms with Crippen LogP contribution in [0.2, 0.25) is 10.0 Å². The number of hydrogen-bond donors (Lipinski definition) is 2. The molecule has 2 amide bonds. The van der Waals surface area contributed by atoms with E-state index in [-0.39, 0.29) is 23.9 Å². The van der Waals surface area contributed by atoms with Gasteiger partial charge in [0, 0.05) is 40.6 Å². The Morgan fingerprint density at radius 2 is 1.58 bits per heavy atom. The Bertz CT molecular complexity index is 1120. The van der Waals surface area contributed by atoms with E-state index in [1.807, 2.05) is 24.3 Å². The van der Waals surface area contributed by atoms with Crippen LogP contribution in [0.15, 0.2) is 36.4 Å². The van der Waals surface area contributed by atoms with Gasteiger partial charge in [0.25, 0.3) is 0 Å². The van der Waals surface area contributed by atoms with Crippen molar-refractivity contribution in [3.8, 4) is 16.9 Å². The molecule has 2 aromatic rings. The smallest absolute Gasteiger partial charge is 0.410 e. The quantitative estimate of drug-likeness (QED) is 0.411. The van der Waals surface area contributed by atoms with Gasteiger partial charge in [-0.3, -0.25) is 4.79 Å². The Hall–Kier alpha value is -2.28. The fourth-order valence-electron chi connectivity index (χ4n) is 6.20. The average molecular weight is 559 g/mol. The number of rotatable bonds is 6. The van der Waals surface area contributed by atoms with Crippen LogP contribution < -0.4 is 15.8 Å². The topological polar surface area (TPSA) is 84.7 Å². The molecule has 3 fully saturated rings. The van der Waals surface area contributed by atoms with Gasteiger partial charge < -0.3 is 20.7 Å². The molecule has 0 spiro atoms. The molecule has 0 aromatic heterocycles. The first-order valence-corrected chi connectivity index (χ1v) is 14.8. The van der Waals surface area contributed by atoms with Crippen LogP contribution in [-0.4, -0.2) is 41.6 Å². The van der Waals surface area contributed by atoms with E-state index in [9.17, 15) is 9.59 Å². The van der Waals surface area contributed by atoms with Crippen molar-refractivity contribution in [2.24, 2.45) is 11.7 Å². The molecule has 3 N–H and O–H groups in total. The van der Waals surface area contributed by atoms with Crippen LogP contribution >= 0.6 is 23.2 Å². The lowest BCUT2D eigenvalue weighted by Crippen LogP contribution is -2.41. The second kappa shape index (κ2) is 12.3. The maximum atomic E-state index is 13.1. The van der Waals surface area contributed by atoms with Gasteiger partial charge in [0.15, 0.2) is 0 Å². The van der Waals surface area contributed by atoms with Crippen LogP contribution in [0.3, 0.4) is 0 Å². The molecular formula is C30H37Cl2N3O3. The van der Waals surface area contributed by atoms with Crippen molar-refractivity contribution in [2.75, 3.05) is 6.54 Å². The van der Waals surface area contributed by atoms with E-state index in [0.29, 0.717) is 28.3 Å². The largest absolute Gasteiger partial charge is 0.412 e. The predicted octanol–water partition coefficient (Wildman–Crippen LogP) is 6.74. The molecule has 1 heterocycles. The first kappa shape index (κ1) is 27.3. The van der Waals surface area contributed by atoms with Crippen molar-refractivity contribution in [1.29, 1.82) is 0 Å². The molecule has 1 atom stereocenters. The number of nitrogens with one attached hydrogen (secondary N) is 1. The number of carbonyl (C=O) groups is 2. The van der Waals surface area contributed by atoms with E-state index in [1.54, 1.807) is 12.1 Å². The van der Waals surface area contributed by atoms with Crippen LogP contribution in [0.4, 0.5) is 4.79 Å². The molecule has 2 saturated carbocycles. The van der Waals surface area contributed by atoms with Crippen molar-refractivity contribution in [1.82, 2.24) is 10.2 Å². The van der Waals surface area contributed by atoms with Gasteiger partial charge in [0.05, 0.1) is 0 Å². The first-order valence-electron chi connectivity index (χ1n) is 14.0. The molecule has 1 unspecified atom stereocenters. The lowest BCUT2D eigenvalue weighted by Gasteiger charge is -2.31. The van der Waals surface area contributed by atoms with Crippen molar-refractivity contribution in [3.05, 3.63) is 52.0 Å². The second-order valence-corrected chi connectivity index (χ2v) is 11.9. The second-order valence-electron chi connectivity index (χ2n) is 11.1. The minimum atomic E-state index is -0.447. The molecule has 2 aromatic carbocycles. The molecule has 6 nitrogen and oxygen atoms in total. The number of benzene rings is 2. The normalized spacial score (nSPS) is 24.4. The third kappa shape index (κ3) is 6.47. The molecule has 3 aliphatic rings. The highest BCUT2D eigenvalue weighted by Crippen LogP contribution is 2.37. The van der Waals surface area contributed by atoms with Crippen molar-refractivity contribution < 1.29 is 14.3 Å². The SMILES string of the molecule is NC1CCC(NC(=O)Oc2ccc(-c3cc(Cl)c(CC4CCN(C5CCCCC5)C4=O)c(Cl)c3)cc2)CC1. The zero-order chi connectivity index (χ0) is 26.6.